The van der Waals surface area contributed by atoms with Crippen molar-refractivity contribution in [3.8, 4) is 0 Å². The number of hydrogen-bond acceptors (Lipinski definition) is 3. The first-order valence-corrected chi connectivity index (χ1v) is 10.9. The number of halogens is 4. The molecule has 0 spiro atoms. The van der Waals surface area contributed by atoms with Crippen LogP contribution in [0.2, 0.25) is 5.02 Å². The van der Waals surface area contributed by atoms with Gasteiger partial charge in [0.25, 0.3) is 0 Å². The molecule has 162 valence electrons. The molecule has 1 unspecified atom stereocenters. The number of hydrogen-bond donors (Lipinski definition) is 1. The minimum absolute atomic E-state index is 0.0836. The standard InChI is InChI=1S/C21H22ClF3N2O2S/c1-13-10-11-17(30-13)18(19(28)26-15-7-3-2-4-8-15)27(20(29)21(23,24)25)16-9-5-6-14(22)12-16/h5-6,9-12,15,18H,2-4,7-8H2,1H3,(H,26,28). The molecule has 0 saturated heterocycles. The number of carbonyl (C=O) groups excluding carboxylic acids is 2. The summed E-state index contributed by atoms with van der Waals surface area (Å²) in [7, 11) is 0. The molecule has 1 aliphatic rings. The average molecular weight is 459 g/mol. The van der Waals surface area contributed by atoms with Gasteiger partial charge in [0.15, 0.2) is 6.04 Å². The molecule has 30 heavy (non-hydrogen) atoms. The summed E-state index contributed by atoms with van der Waals surface area (Å²) in [6.07, 6.45) is -0.641. The Balaban J connectivity index is 2.06. The molecule has 0 aliphatic heterocycles. The van der Waals surface area contributed by atoms with Gasteiger partial charge in [-0.3, -0.25) is 14.5 Å². The van der Waals surface area contributed by atoms with Gasteiger partial charge in [0.2, 0.25) is 5.91 Å². The van der Waals surface area contributed by atoms with Gasteiger partial charge in [0.1, 0.15) is 0 Å². The van der Waals surface area contributed by atoms with Gasteiger partial charge in [-0.15, -0.1) is 11.3 Å². The van der Waals surface area contributed by atoms with E-state index in [1.165, 1.54) is 35.6 Å². The number of rotatable bonds is 5. The second-order valence-electron chi connectivity index (χ2n) is 7.35. The summed E-state index contributed by atoms with van der Waals surface area (Å²) in [5.74, 6) is -2.74. The fourth-order valence-corrected chi connectivity index (χ4v) is 4.80. The minimum Gasteiger partial charge on any atom is -0.351 e. The maximum atomic E-state index is 13.5. The number of carbonyl (C=O) groups is 2. The third kappa shape index (κ3) is 5.35. The van der Waals surface area contributed by atoms with Gasteiger partial charge in [-0.1, -0.05) is 36.9 Å². The van der Waals surface area contributed by atoms with Gasteiger partial charge in [0.05, 0.1) is 0 Å². The Bertz CT molecular complexity index is 910. The van der Waals surface area contributed by atoms with Gasteiger partial charge < -0.3 is 5.32 Å². The smallest absolute Gasteiger partial charge is 0.351 e. The van der Waals surface area contributed by atoms with Crippen molar-refractivity contribution in [3.05, 3.63) is 51.2 Å². The number of benzene rings is 1. The number of anilines is 1. The van der Waals surface area contributed by atoms with E-state index in [-0.39, 0.29) is 16.8 Å². The number of amides is 2. The van der Waals surface area contributed by atoms with Crippen LogP contribution in [0.1, 0.15) is 47.9 Å². The Hall–Kier alpha value is -2.06. The Morgan fingerprint density at radius 3 is 2.43 bits per heavy atom. The van der Waals surface area contributed by atoms with Crippen molar-refractivity contribution in [2.75, 3.05) is 4.90 Å². The van der Waals surface area contributed by atoms with E-state index < -0.39 is 24.0 Å². The predicted molar refractivity (Wildman–Crippen MR) is 112 cm³/mol. The predicted octanol–water partition coefficient (Wildman–Crippen LogP) is 5.80. The first kappa shape index (κ1) is 22.6. The van der Waals surface area contributed by atoms with Crippen LogP contribution in [0.15, 0.2) is 36.4 Å². The van der Waals surface area contributed by atoms with Crippen molar-refractivity contribution in [1.29, 1.82) is 0 Å². The molecule has 1 atom stereocenters. The quantitative estimate of drug-likeness (QED) is 0.616. The normalized spacial score (nSPS) is 16.2. The van der Waals surface area contributed by atoms with E-state index in [1.807, 2.05) is 0 Å². The Kier molecular flexibility index (Phi) is 7.08. The first-order valence-electron chi connectivity index (χ1n) is 9.69. The summed E-state index contributed by atoms with van der Waals surface area (Å²) in [6.45, 7) is 1.79. The molecule has 1 aliphatic carbocycles. The lowest BCUT2D eigenvalue weighted by Crippen LogP contribution is -2.50. The topological polar surface area (TPSA) is 49.4 Å². The lowest BCUT2D eigenvalue weighted by atomic mass is 9.95. The van der Waals surface area contributed by atoms with E-state index in [9.17, 15) is 22.8 Å². The minimum atomic E-state index is -5.15. The highest BCUT2D eigenvalue weighted by atomic mass is 35.5. The van der Waals surface area contributed by atoms with Crippen molar-refractivity contribution in [1.82, 2.24) is 5.32 Å². The highest BCUT2D eigenvalue weighted by Gasteiger charge is 2.48. The number of aryl methyl sites for hydroxylation is 1. The summed E-state index contributed by atoms with van der Waals surface area (Å²) in [4.78, 5) is 27.4. The molecule has 1 saturated carbocycles. The second kappa shape index (κ2) is 9.39. The molecule has 1 fully saturated rings. The van der Waals surface area contributed by atoms with E-state index in [0.717, 1.165) is 37.0 Å². The maximum Gasteiger partial charge on any atom is 0.471 e. The third-order valence-electron chi connectivity index (χ3n) is 5.04. The zero-order valence-corrected chi connectivity index (χ0v) is 17.9. The Morgan fingerprint density at radius 2 is 1.87 bits per heavy atom. The monoisotopic (exact) mass is 458 g/mol. The number of nitrogens with zero attached hydrogens (tertiary/aromatic N) is 1. The highest BCUT2D eigenvalue weighted by Crippen LogP contribution is 2.36. The lowest BCUT2D eigenvalue weighted by molar-refractivity contribution is -0.171. The van der Waals surface area contributed by atoms with E-state index >= 15 is 0 Å². The second-order valence-corrected chi connectivity index (χ2v) is 9.10. The van der Waals surface area contributed by atoms with Crippen LogP contribution in [-0.2, 0) is 9.59 Å². The molecular weight excluding hydrogens is 437 g/mol. The largest absolute Gasteiger partial charge is 0.471 e. The summed E-state index contributed by atoms with van der Waals surface area (Å²) in [5.41, 5.74) is -0.0836. The zero-order valence-electron chi connectivity index (χ0n) is 16.3. The molecule has 0 bridgehead atoms. The Labute approximate surface area is 182 Å². The van der Waals surface area contributed by atoms with E-state index in [2.05, 4.69) is 5.32 Å². The average Bonchev–Trinajstić information content (AvgIpc) is 3.11. The summed E-state index contributed by atoms with van der Waals surface area (Å²) in [5, 5.41) is 3.04. The molecule has 1 aromatic carbocycles. The van der Waals surface area contributed by atoms with Gasteiger partial charge >= 0.3 is 12.1 Å². The fourth-order valence-electron chi connectivity index (χ4n) is 3.65. The van der Waals surface area contributed by atoms with Crippen molar-refractivity contribution in [2.45, 2.75) is 57.3 Å². The first-order chi connectivity index (χ1) is 14.2. The molecular formula is C21H22ClF3N2O2S. The van der Waals surface area contributed by atoms with E-state index in [1.54, 1.807) is 19.1 Å². The van der Waals surface area contributed by atoms with Gasteiger partial charge in [-0.25, -0.2) is 0 Å². The number of nitrogens with one attached hydrogen (secondary N) is 1. The van der Waals surface area contributed by atoms with Gasteiger partial charge in [0, 0.05) is 26.5 Å². The molecule has 4 nitrogen and oxygen atoms in total. The molecule has 1 N–H and O–H groups in total. The van der Waals surface area contributed by atoms with Gasteiger partial charge in [-0.05, 0) is 50.1 Å². The van der Waals surface area contributed by atoms with Crippen LogP contribution >= 0.6 is 22.9 Å². The van der Waals surface area contributed by atoms with Crippen LogP contribution in [0.4, 0.5) is 18.9 Å². The van der Waals surface area contributed by atoms with Crippen LogP contribution in [0.5, 0.6) is 0 Å². The molecule has 1 heterocycles. The zero-order chi connectivity index (χ0) is 21.9. The maximum absolute atomic E-state index is 13.5. The van der Waals surface area contributed by atoms with Crippen LogP contribution < -0.4 is 10.2 Å². The van der Waals surface area contributed by atoms with Crippen LogP contribution in [0, 0.1) is 6.92 Å². The third-order valence-corrected chi connectivity index (χ3v) is 6.32. The van der Waals surface area contributed by atoms with Gasteiger partial charge in [-0.2, -0.15) is 13.2 Å². The van der Waals surface area contributed by atoms with Crippen molar-refractivity contribution in [2.24, 2.45) is 0 Å². The molecule has 3 rings (SSSR count). The van der Waals surface area contributed by atoms with Crippen LogP contribution in [0.25, 0.3) is 0 Å². The lowest BCUT2D eigenvalue weighted by Gasteiger charge is -2.33. The fraction of sp³-hybridized carbons (Fsp3) is 0.429. The van der Waals surface area contributed by atoms with Crippen molar-refractivity contribution >= 4 is 40.4 Å². The summed E-state index contributed by atoms with van der Waals surface area (Å²) in [6, 6.07) is 7.29. The SMILES string of the molecule is Cc1ccc(C(C(=O)NC2CCCCC2)N(C(=O)C(F)(F)F)c2cccc(Cl)c2)s1. The van der Waals surface area contributed by atoms with Crippen molar-refractivity contribution < 1.29 is 22.8 Å². The van der Waals surface area contributed by atoms with Crippen LogP contribution in [-0.4, -0.2) is 24.0 Å². The number of alkyl halides is 3. The van der Waals surface area contributed by atoms with Crippen LogP contribution in [0.3, 0.4) is 0 Å². The molecule has 2 amide bonds. The molecule has 9 heteroatoms. The Morgan fingerprint density at radius 1 is 1.17 bits per heavy atom. The van der Waals surface area contributed by atoms with Crippen molar-refractivity contribution in [3.63, 3.8) is 0 Å². The van der Waals surface area contributed by atoms with E-state index in [4.69, 9.17) is 11.6 Å². The number of thiophene rings is 1. The summed E-state index contributed by atoms with van der Waals surface area (Å²) < 4.78 is 40.6. The highest BCUT2D eigenvalue weighted by molar-refractivity contribution is 7.12. The molecule has 1 aromatic heterocycles. The molecule has 2 aromatic rings. The molecule has 0 radical (unpaired) electrons. The van der Waals surface area contributed by atoms with E-state index in [0.29, 0.717) is 9.78 Å². The summed E-state index contributed by atoms with van der Waals surface area (Å²) >= 11 is 7.17.